The predicted molar refractivity (Wildman–Crippen MR) is 121 cm³/mol. The van der Waals surface area contributed by atoms with Crippen molar-refractivity contribution in [1.82, 2.24) is 14.8 Å². The van der Waals surface area contributed by atoms with Gasteiger partial charge in [-0.2, -0.15) is 0 Å². The van der Waals surface area contributed by atoms with Crippen LogP contribution in [-0.2, 0) is 28.9 Å². The van der Waals surface area contributed by atoms with E-state index in [-0.39, 0.29) is 11.7 Å². The molecule has 3 heterocycles. The van der Waals surface area contributed by atoms with Crippen LogP contribution >= 0.6 is 34.4 Å². The van der Waals surface area contributed by atoms with E-state index in [1.54, 1.807) is 11.3 Å². The van der Waals surface area contributed by atoms with E-state index in [4.69, 9.17) is 4.74 Å². The van der Waals surface area contributed by atoms with Crippen LogP contribution in [0.3, 0.4) is 0 Å². The highest BCUT2D eigenvalue weighted by molar-refractivity contribution is 7.99. The maximum Gasteiger partial charge on any atom is 0.341 e. The van der Waals surface area contributed by atoms with Gasteiger partial charge in [0.2, 0.25) is 5.91 Å². The first-order valence-corrected chi connectivity index (χ1v) is 12.3. The number of hydrogen-bond acceptors (Lipinski definition) is 8. The normalized spacial score (nSPS) is 12.8. The number of nitrogens with one attached hydrogen (secondary N) is 1. The third kappa shape index (κ3) is 4.03. The molecule has 0 fully saturated rings. The summed E-state index contributed by atoms with van der Waals surface area (Å²) in [5.41, 5.74) is 2.58. The van der Waals surface area contributed by atoms with Crippen molar-refractivity contribution in [1.29, 1.82) is 0 Å². The Bertz CT molecular complexity index is 1100. The van der Waals surface area contributed by atoms with Gasteiger partial charge in [-0.25, -0.2) is 4.79 Å². The number of aromatic nitrogens is 3. The van der Waals surface area contributed by atoms with Crippen molar-refractivity contribution < 1.29 is 14.3 Å². The summed E-state index contributed by atoms with van der Waals surface area (Å²) in [6.45, 7) is 4.81. The zero-order valence-corrected chi connectivity index (χ0v) is 19.4. The number of carbonyl (C=O) groups is 2. The highest BCUT2D eigenvalue weighted by Gasteiger charge is 2.28. The minimum absolute atomic E-state index is 0.177. The molecule has 1 N–H and O–H groups in total. The molecule has 0 saturated carbocycles. The summed E-state index contributed by atoms with van der Waals surface area (Å²) in [4.78, 5) is 27.3. The van der Waals surface area contributed by atoms with E-state index in [9.17, 15) is 9.59 Å². The molecule has 4 rings (SSSR count). The molecule has 0 unspecified atom stereocenters. The summed E-state index contributed by atoms with van der Waals surface area (Å²) in [5, 5.41) is 14.9. The molecule has 1 aliphatic carbocycles. The molecule has 3 aromatic rings. The first-order chi connectivity index (χ1) is 14.5. The number of rotatable bonds is 7. The molecule has 7 nitrogen and oxygen atoms in total. The first-order valence-electron chi connectivity index (χ1n) is 9.66. The summed E-state index contributed by atoms with van der Waals surface area (Å²) in [6.07, 6.45) is 2.83. The van der Waals surface area contributed by atoms with E-state index in [0.717, 1.165) is 36.2 Å². The fourth-order valence-electron chi connectivity index (χ4n) is 3.56. The number of thiophene rings is 2. The number of ether oxygens (including phenoxy) is 1. The standard InChI is InChI=1S/C20H22N4O3S3/c1-4-24-17(12-8-11(2)28-9-12)22-23-20(24)29-10-15(25)21-18-16(19(26)27-3)13-6-5-7-14(13)30-18/h8-9H,4-7,10H2,1-3H3,(H,21,25). The Labute approximate surface area is 186 Å². The summed E-state index contributed by atoms with van der Waals surface area (Å²) >= 11 is 4.49. The van der Waals surface area contributed by atoms with Crippen molar-refractivity contribution in [2.24, 2.45) is 0 Å². The summed E-state index contributed by atoms with van der Waals surface area (Å²) in [5.74, 6) is 0.430. The van der Waals surface area contributed by atoms with Gasteiger partial charge in [-0.05, 0) is 44.7 Å². The van der Waals surface area contributed by atoms with Crippen molar-refractivity contribution in [2.45, 2.75) is 44.8 Å². The van der Waals surface area contributed by atoms with Gasteiger partial charge in [0.15, 0.2) is 11.0 Å². The van der Waals surface area contributed by atoms with Gasteiger partial charge in [0.1, 0.15) is 5.00 Å². The number of carbonyl (C=O) groups excluding carboxylic acids is 2. The van der Waals surface area contributed by atoms with Gasteiger partial charge in [0.25, 0.3) is 0 Å². The van der Waals surface area contributed by atoms with Gasteiger partial charge in [-0.3, -0.25) is 4.79 Å². The van der Waals surface area contributed by atoms with E-state index in [2.05, 4.69) is 33.9 Å². The number of aryl methyl sites for hydroxylation is 2. The molecule has 10 heteroatoms. The number of fused-ring (bicyclic) bond motifs is 1. The van der Waals surface area contributed by atoms with Crippen molar-refractivity contribution in [2.75, 3.05) is 18.2 Å². The lowest BCUT2D eigenvalue weighted by molar-refractivity contribution is -0.113. The van der Waals surface area contributed by atoms with Crippen LogP contribution in [0.5, 0.6) is 0 Å². The lowest BCUT2D eigenvalue weighted by Crippen LogP contribution is -2.16. The van der Waals surface area contributed by atoms with E-state index >= 15 is 0 Å². The average molecular weight is 463 g/mol. The number of esters is 1. The van der Waals surface area contributed by atoms with Crippen molar-refractivity contribution in [3.63, 3.8) is 0 Å². The quantitative estimate of drug-likeness (QED) is 0.414. The molecule has 1 amide bonds. The van der Waals surface area contributed by atoms with Crippen LogP contribution in [0.1, 0.15) is 39.0 Å². The molecular weight excluding hydrogens is 440 g/mol. The largest absolute Gasteiger partial charge is 0.465 e. The lowest BCUT2D eigenvalue weighted by atomic mass is 10.1. The number of anilines is 1. The van der Waals surface area contributed by atoms with E-state index < -0.39 is 5.97 Å². The van der Waals surface area contributed by atoms with Crippen LogP contribution < -0.4 is 5.32 Å². The van der Waals surface area contributed by atoms with Crippen LogP contribution in [-0.4, -0.2) is 39.5 Å². The topological polar surface area (TPSA) is 86.1 Å². The van der Waals surface area contributed by atoms with Crippen LogP contribution in [0.4, 0.5) is 5.00 Å². The van der Waals surface area contributed by atoms with E-state index in [0.29, 0.717) is 22.3 Å². The average Bonchev–Trinajstić information content (AvgIpc) is 3.49. The number of hydrogen-bond donors (Lipinski definition) is 1. The monoisotopic (exact) mass is 462 g/mol. The Balaban J connectivity index is 1.46. The Morgan fingerprint density at radius 1 is 1.33 bits per heavy atom. The third-order valence-electron chi connectivity index (χ3n) is 4.92. The highest BCUT2D eigenvalue weighted by Crippen LogP contribution is 2.39. The van der Waals surface area contributed by atoms with Crippen LogP contribution in [0.25, 0.3) is 11.4 Å². The summed E-state index contributed by atoms with van der Waals surface area (Å²) in [7, 11) is 1.37. The van der Waals surface area contributed by atoms with Crippen LogP contribution in [0.2, 0.25) is 0 Å². The lowest BCUT2D eigenvalue weighted by Gasteiger charge is -2.08. The van der Waals surface area contributed by atoms with Gasteiger partial charge in [0, 0.05) is 27.2 Å². The zero-order chi connectivity index (χ0) is 21.3. The number of methoxy groups -OCH3 is 1. The molecule has 0 bridgehead atoms. The number of thioether (sulfide) groups is 1. The van der Waals surface area contributed by atoms with Crippen molar-refractivity contribution in [3.05, 3.63) is 32.3 Å². The van der Waals surface area contributed by atoms with Gasteiger partial charge >= 0.3 is 5.97 Å². The smallest absolute Gasteiger partial charge is 0.341 e. The Kier molecular flexibility index (Phi) is 6.26. The third-order valence-corrected chi connectivity index (χ3v) is 7.95. The molecule has 0 aromatic carbocycles. The molecular formula is C20H22N4O3S3. The number of amides is 1. The van der Waals surface area contributed by atoms with Crippen LogP contribution in [0, 0.1) is 6.92 Å². The minimum atomic E-state index is -0.390. The van der Waals surface area contributed by atoms with E-state index in [1.165, 1.54) is 40.0 Å². The molecule has 0 aliphatic heterocycles. The van der Waals surface area contributed by atoms with Gasteiger partial charge < -0.3 is 14.6 Å². The zero-order valence-electron chi connectivity index (χ0n) is 17.0. The maximum atomic E-state index is 12.6. The van der Waals surface area contributed by atoms with Gasteiger partial charge in [0.05, 0.1) is 18.4 Å². The molecule has 30 heavy (non-hydrogen) atoms. The second-order valence-corrected chi connectivity index (χ2v) is 10.0. The highest BCUT2D eigenvalue weighted by atomic mass is 32.2. The van der Waals surface area contributed by atoms with Crippen molar-refractivity contribution in [3.8, 4) is 11.4 Å². The Morgan fingerprint density at radius 3 is 2.87 bits per heavy atom. The van der Waals surface area contributed by atoms with Gasteiger partial charge in [-0.1, -0.05) is 11.8 Å². The summed E-state index contributed by atoms with van der Waals surface area (Å²) < 4.78 is 6.95. The maximum absolute atomic E-state index is 12.6. The molecule has 1 aliphatic rings. The Hall–Kier alpha value is -2.17. The van der Waals surface area contributed by atoms with Gasteiger partial charge in [-0.15, -0.1) is 32.9 Å². The summed E-state index contributed by atoms with van der Waals surface area (Å²) in [6, 6.07) is 2.09. The fourth-order valence-corrected chi connectivity index (χ4v) is 6.34. The molecule has 0 spiro atoms. The van der Waals surface area contributed by atoms with Crippen LogP contribution in [0.15, 0.2) is 16.6 Å². The fraction of sp³-hybridized carbons (Fsp3) is 0.400. The molecule has 3 aromatic heterocycles. The predicted octanol–water partition coefficient (Wildman–Crippen LogP) is 4.40. The van der Waals surface area contributed by atoms with E-state index in [1.807, 2.05) is 11.5 Å². The molecule has 0 atom stereocenters. The second kappa shape index (κ2) is 8.91. The first kappa shape index (κ1) is 21.1. The molecule has 0 radical (unpaired) electrons. The number of nitrogens with zero attached hydrogens (tertiary/aromatic N) is 3. The molecule has 158 valence electrons. The van der Waals surface area contributed by atoms with Crippen molar-refractivity contribution >= 4 is 51.3 Å². The minimum Gasteiger partial charge on any atom is -0.465 e. The Morgan fingerprint density at radius 2 is 2.17 bits per heavy atom. The molecule has 0 saturated heterocycles. The second-order valence-electron chi connectivity index (χ2n) is 6.89. The SMILES string of the molecule is CCn1c(SCC(=O)Nc2sc3c(c2C(=O)OC)CCC3)nnc1-c1csc(C)c1.